The highest BCUT2D eigenvalue weighted by atomic mass is 35.5. The van der Waals surface area contributed by atoms with Crippen LogP contribution in [0.2, 0.25) is 15.2 Å². The Morgan fingerprint density at radius 2 is 1.83 bits per heavy atom. The molecule has 92 valence electrons. The van der Waals surface area contributed by atoms with E-state index in [1.54, 1.807) is 18.2 Å². The third kappa shape index (κ3) is 2.58. The van der Waals surface area contributed by atoms with Gasteiger partial charge in [-0.15, -0.1) is 0 Å². The maximum atomic E-state index is 11.2. The molecule has 0 aliphatic carbocycles. The highest BCUT2D eigenvalue weighted by Crippen LogP contribution is 2.33. The van der Waals surface area contributed by atoms with Crippen molar-refractivity contribution < 1.29 is 9.90 Å². The Kier molecular flexibility index (Phi) is 3.76. The first-order valence-electron chi connectivity index (χ1n) is 4.83. The molecule has 0 aliphatic heterocycles. The Labute approximate surface area is 118 Å². The van der Waals surface area contributed by atoms with Crippen LogP contribution in [0.4, 0.5) is 0 Å². The van der Waals surface area contributed by atoms with Crippen molar-refractivity contribution in [2.75, 3.05) is 0 Å². The molecule has 1 N–H and O–H groups in total. The largest absolute Gasteiger partial charge is 0.478 e. The fraction of sp³-hybridized carbons (Fsp3) is 0. The molecule has 3 nitrogen and oxygen atoms in total. The summed E-state index contributed by atoms with van der Waals surface area (Å²) in [7, 11) is 0. The molecule has 0 radical (unpaired) electrons. The van der Waals surface area contributed by atoms with Crippen LogP contribution < -0.4 is 0 Å². The summed E-state index contributed by atoms with van der Waals surface area (Å²) < 4.78 is 0. The molecule has 18 heavy (non-hydrogen) atoms. The van der Waals surface area contributed by atoms with Gasteiger partial charge in [0.25, 0.3) is 0 Å². The standard InChI is InChI=1S/C12H6Cl3NO2/c13-6-1-2-10(14)7(3-6)9-5-16-11(15)4-8(9)12(17)18/h1-5H,(H,17,18). The number of carboxylic acid groups (broad SMARTS) is 1. The molecule has 0 saturated heterocycles. The summed E-state index contributed by atoms with van der Waals surface area (Å²) in [5.74, 6) is -1.11. The lowest BCUT2D eigenvalue weighted by atomic mass is 10.0. The maximum absolute atomic E-state index is 11.2. The fourth-order valence-electron chi connectivity index (χ4n) is 1.53. The Bertz CT molecular complexity index is 629. The number of halogens is 3. The molecule has 1 heterocycles. The van der Waals surface area contributed by atoms with Gasteiger partial charge >= 0.3 is 5.97 Å². The average Bonchev–Trinajstić information content (AvgIpc) is 2.32. The van der Waals surface area contributed by atoms with Crippen molar-refractivity contribution in [2.24, 2.45) is 0 Å². The van der Waals surface area contributed by atoms with Gasteiger partial charge in [-0.3, -0.25) is 0 Å². The number of aromatic carboxylic acids is 1. The Hall–Kier alpha value is -1.29. The van der Waals surface area contributed by atoms with Gasteiger partial charge in [-0.1, -0.05) is 34.8 Å². The Balaban J connectivity index is 2.70. The highest BCUT2D eigenvalue weighted by molar-refractivity contribution is 6.35. The van der Waals surface area contributed by atoms with Crippen molar-refractivity contribution in [1.82, 2.24) is 4.98 Å². The molecule has 1 aromatic heterocycles. The monoisotopic (exact) mass is 301 g/mol. The lowest BCUT2D eigenvalue weighted by Crippen LogP contribution is -2.01. The number of nitrogens with zero attached hydrogens (tertiary/aromatic N) is 1. The van der Waals surface area contributed by atoms with Crippen molar-refractivity contribution in [1.29, 1.82) is 0 Å². The summed E-state index contributed by atoms with van der Waals surface area (Å²) >= 11 is 17.6. The second-order valence-electron chi connectivity index (χ2n) is 3.48. The summed E-state index contributed by atoms with van der Waals surface area (Å²) in [4.78, 5) is 15.1. The summed E-state index contributed by atoms with van der Waals surface area (Å²) in [6, 6.07) is 6.08. The van der Waals surface area contributed by atoms with Crippen LogP contribution >= 0.6 is 34.8 Å². The molecule has 0 unspecified atom stereocenters. The minimum Gasteiger partial charge on any atom is -0.478 e. The lowest BCUT2D eigenvalue weighted by Gasteiger charge is -2.08. The molecule has 0 saturated carbocycles. The predicted octanol–water partition coefficient (Wildman–Crippen LogP) is 4.41. The van der Waals surface area contributed by atoms with E-state index in [9.17, 15) is 4.79 Å². The number of hydrogen-bond donors (Lipinski definition) is 1. The number of carbonyl (C=O) groups is 1. The van der Waals surface area contributed by atoms with Crippen molar-refractivity contribution in [3.8, 4) is 11.1 Å². The Morgan fingerprint density at radius 3 is 2.50 bits per heavy atom. The van der Waals surface area contributed by atoms with E-state index < -0.39 is 5.97 Å². The van der Waals surface area contributed by atoms with E-state index in [0.29, 0.717) is 21.2 Å². The summed E-state index contributed by atoms with van der Waals surface area (Å²) in [5.41, 5.74) is 0.907. The lowest BCUT2D eigenvalue weighted by molar-refractivity contribution is 0.0697. The van der Waals surface area contributed by atoms with Crippen LogP contribution in [-0.4, -0.2) is 16.1 Å². The van der Waals surface area contributed by atoms with Crippen LogP contribution in [0.15, 0.2) is 30.5 Å². The van der Waals surface area contributed by atoms with Gasteiger partial charge in [-0.25, -0.2) is 9.78 Å². The number of carboxylic acids is 1. The second-order valence-corrected chi connectivity index (χ2v) is 4.71. The molecule has 0 bridgehead atoms. The second kappa shape index (κ2) is 5.14. The van der Waals surface area contributed by atoms with E-state index in [2.05, 4.69) is 4.98 Å². The van der Waals surface area contributed by atoms with Crippen molar-refractivity contribution in [2.45, 2.75) is 0 Å². The molecule has 1 aromatic carbocycles. The van der Waals surface area contributed by atoms with Gasteiger partial charge in [0.05, 0.1) is 5.56 Å². The van der Waals surface area contributed by atoms with E-state index in [4.69, 9.17) is 39.9 Å². The molecule has 0 fully saturated rings. The number of hydrogen-bond acceptors (Lipinski definition) is 2. The summed E-state index contributed by atoms with van der Waals surface area (Å²) in [6.45, 7) is 0. The fourth-order valence-corrected chi connectivity index (χ4v) is 2.07. The highest BCUT2D eigenvalue weighted by Gasteiger charge is 2.15. The van der Waals surface area contributed by atoms with Gasteiger partial charge in [-0.2, -0.15) is 0 Å². The molecule has 0 aliphatic rings. The zero-order chi connectivity index (χ0) is 13.3. The van der Waals surface area contributed by atoms with Crippen LogP contribution in [-0.2, 0) is 0 Å². The van der Waals surface area contributed by atoms with Crippen molar-refractivity contribution in [3.63, 3.8) is 0 Å². The van der Waals surface area contributed by atoms with Gasteiger partial charge < -0.3 is 5.11 Å². The van der Waals surface area contributed by atoms with Gasteiger partial charge in [0.15, 0.2) is 0 Å². The minimum atomic E-state index is -1.11. The summed E-state index contributed by atoms with van der Waals surface area (Å²) in [5, 5.41) is 10.1. The number of aromatic nitrogens is 1. The third-order valence-electron chi connectivity index (χ3n) is 2.32. The van der Waals surface area contributed by atoms with Gasteiger partial charge in [-0.05, 0) is 24.3 Å². The number of benzene rings is 1. The zero-order valence-corrected chi connectivity index (χ0v) is 11.1. The average molecular weight is 303 g/mol. The quantitative estimate of drug-likeness (QED) is 0.836. The minimum absolute atomic E-state index is 0.0270. The van der Waals surface area contributed by atoms with Crippen LogP contribution in [0, 0.1) is 0 Å². The van der Waals surface area contributed by atoms with Crippen LogP contribution in [0.5, 0.6) is 0 Å². The molecule has 0 amide bonds. The summed E-state index contributed by atoms with van der Waals surface area (Å²) in [6.07, 6.45) is 1.36. The molecular weight excluding hydrogens is 296 g/mol. The molecule has 2 aromatic rings. The third-order valence-corrected chi connectivity index (χ3v) is 3.09. The molecule has 0 atom stereocenters. The normalized spacial score (nSPS) is 10.4. The molecular formula is C12H6Cl3NO2. The van der Waals surface area contributed by atoms with Crippen molar-refractivity contribution in [3.05, 3.63) is 51.2 Å². The van der Waals surface area contributed by atoms with Gasteiger partial charge in [0.2, 0.25) is 0 Å². The topological polar surface area (TPSA) is 50.2 Å². The molecule has 2 rings (SSSR count). The van der Waals surface area contributed by atoms with Crippen LogP contribution in [0.3, 0.4) is 0 Å². The van der Waals surface area contributed by atoms with Gasteiger partial charge in [0.1, 0.15) is 5.15 Å². The van der Waals surface area contributed by atoms with Crippen molar-refractivity contribution >= 4 is 40.8 Å². The predicted molar refractivity (Wildman–Crippen MR) is 71.7 cm³/mol. The van der Waals surface area contributed by atoms with Gasteiger partial charge in [0, 0.05) is 27.4 Å². The number of rotatable bonds is 2. The molecule has 0 spiro atoms. The Morgan fingerprint density at radius 1 is 1.11 bits per heavy atom. The smallest absolute Gasteiger partial charge is 0.336 e. The van der Waals surface area contributed by atoms with E-state index >= 15 is 0 Å². The number of pyridine rings is 1. The zero-order valence-electron chi connectivity index (χ0n) is 8.82. The van der Waals surface area contributed by atoms with E-state index in [0.717, 1.165) is 0 Å². The van der Waals surface area contributed by atoms with Crippen LogP contribution in [0.1, 0.15) is 10.4 Å². The van der Waals surface area contributed by atoms with Crippen LogP contribution in [0.25, 0.3) is 11.1 Å². The first-order chi connectivity index (χ1) is 8.49. The van der Waals surface area contributed by atoms with E-state index in [1.807, 2.05) is 0 Å². The first-order valence-corrected chi connectivity index (χ1v) is 5.96. The first kappa shape index (κ1) is 13.1. The SMILES string of the molecule is O=C(O)c1cc(Cl)ncc1-c1cc(Cl)ccc1Cl. The molecule has 6 heteroatoms. The van der Waals surface area contributed by atoms with E-state index in [1.165, 1.54) is 12.3 Å². The maximum Gasteiger partial charge on any atom is 0.336 e. The van der Waals surface area contributed by atoms with E-state index in [-0.39, 0.29) is 10.7 Å².